The van der Waals surface area contributed by atoms with E-state index >= 15 is 0 Å². The number of rotatable bonds is 3. The van der Waals surface area contributed by atoms with Crippen molar-refractivity contribution >= 4 is 11.9 Å². The van der Waals surface area contributed by atoms with Crippen LogP contribution in [-0.2, 0) is 33.3 Å². The second-order valence-corrected chi connectivity index (χ2v) is 6.94. The zero-order valence-corrected chi connectivity index (χ0v) is 14.4. The van der Waals surface area contributed by atoms with Crippen molar-refractivity contribution in [1.82, 2.24) is 0 Å². The summed E-state index contributed by atoms with van der Waals surface area (Å²) in [5.41, 5.74) is 0.910. The van der Waals surface area contributed by atoms with Crippen LogP contribution in [0.2, 0.25) is 0 Å². The number of hydrogen-bond acceptors (Lipinski definition) is 7. The van der Waals surface area contributed by atoms with Crippen LogP contribution in [0.1, 0.15) is 27.7 Å². The van der Waals surface area contributed by atoms with Gasteiger partial charge < -0.3 is 23.7 Å². The van der Waals surface area contributed by atoms with Crippen molar-refractivity contribution in [2.75, 3.05) is 19.8 Å². The summed E-state index contributed by atoms with van der Waals surface area (Å²) in [6.07, 6.45) is 1.02. The first-order valence-electron chi connectivity index (χ1n) is 8.21. The van der Waals surface area contributed by atoms with E-state index in [1.165, 1.54) is 13.8 Å². The quantitative estimate of drug-likeness (QED) is 0.564. The first kappa shape index (κ1) is 17.4. The molecular weight excluding hydrogens is 316 g/mol. The lowest BCUT2D eigenvalue weighted by Gasteiger charge is -2.48. The normalized spacial score (nSPS) is 37.0. The van der Waals surface area contributed by atoms with Gasteiger partial charge in [0.15, 0.2) is 5.79 Å². The summed E-state index contributed by atoms with van der Waals surface area (Å²) in [5, 5.41) is 0. The molecule has 0 N–H and O–H groups in total. The standard InChI is InChI=1S/C17H24O7/c1-9(18)20-6-11-5-13(23-10(2)19)15-12(11)7-21-14-8-22-17(3,4)24-16(14)15/h5,12-16H,6-8H2,1-4H3/t12-,13+,14-,15-,16-/m1/s1. The Bertz CT molecular complexity index is 553. The molecule has 5 atom stereocenters. The van der Waals surface area contributed by atoms with E-state index in [2.05, 4.69) is 0 Å². The summed E-state index contributed by atoms with van der Waals surface area (Å²) in [6.45, 7) is 7.55. The first-order chi connectivity index (χ1) is 11.3. The second-order valence-electron chi connectivity index (χ2n) is 6.94. The fourth-order valence-corrected chi connectivity index (χ4v) is 3.71. The Balaban J connectivity index is 1.83. The molecule has 0 aromatic rings. The third-order valence-electron chi connectivity index (χ3n) is 4.69. The van der Waals surface area contributed by atoms with Gasteiger partial charge in [0.1, 0.15) is 18.8 Å². The number of hydrogen-bond donors (Lipinski definition) is 0. The monoisotopic (exact) mass is 340 g/mol. The van der Waals surface area contributed by atoms with E-state index in [0.29, 0.717) is 13.2 Å². The number of fused-ring (bicyclic) bond motifs is 3. The lowest BCUT2D eigenvalue weighted by Crippen LogP contribution is -2.59. The van der Waals surface area contributed by atoms with E-state index in [1.54, 1.807) is 0 Å². The highest BCUT2D eigenvalue weighted by Crippen LogP contribution is 2.45. The van der Waals surface area contributed by atoms with Crippen molar-refractivity contribution in [1.29, 1.82) is 0 Å². The Kier molecular flexibility index (Phi) is 4.68. The molecule has 2 heterocycles. The smallest absolute Gasteiger partial charge is 0.303 e. The van der Waals surface area contributed by atoms with Gasteiger partial charge in [-0.15, -0.1) is 0 Å². The van der Waals surface area contributed by atoms with E-state index in [9.17, 15) is 9.59 Å². The van der Waals surface area contributed by atoms with E-state index in [1.807, 2.05) is 19.9 Å². The van der Waals surface area contributed by atoms with Crippen molar-refractivity contribution < 1.29 is 33.3 Å². The van der Waals surface area contributed by atoms with Crippen molar-refractivity contribution in [3.05, 3.63) is 11.6 Å². The minimum atomic E-state index is -0.716. The molecule has 134 valence electrons. The highest BCUT2D eigenvalue weighted by atomic mass is 16.7. The zero-order valence-electron chi connectivity index (χ0n) is 14.4. The predicted octanol–water partition coefficient (Wildman–Crippen LogP) is 1.20. The van der Waals surface area contributed by atoms with Gasteiger partial charge in [-0.05, 0) is 25.5 Å². The van der Waals surface area contributed by atoms with Gasteiger partial charge in [-0.2, -0.15) is 0 Å². The van der Waals surface area contributed by atoms with Crippen molar-refractivity contribution in [3.63, 3.8) is 0 Å². The maximum atomic E-state index is 11.5. The molecule has 0 aromatic heterocycles. The average molecular weight is 340 g/mol. The molecule has 0 bridgehead atoms. The molecule has 2 fully saturated rings. The number of carbonyl (C=O) groups is 2. The van der Waals surface area contributed by atoms with Crippen molar-refractivity contribution in [2.24, 2.45) is 11.8 Å². The van der Waals surface area contributed by atoms with E-state index < -0.39 is 11.9 Å². The lowest BCUT2D eigenvalue weighted by molar-refractivity contribution is -0.338. The molecule has 0 unspecified atom stereocenters. The summed E-state index contributed by atoms with van der Waals surface area (Å²) >= 11 is 0. The average Bonchev–Trinajstić information content (AvgIpc) is 2.81. The molecule has 3 rings (SSSR count). The van der Waals surface area contributed by atoms with Crippen LogP contribution in [0, 0.1) is 11.8 Å². The SMILES string of the molecule is CC(=O)OCC1=C[C@H](OC(C)=O)[C@@H]2[C@@H]3OC(C)(C)OC[C@H]3OC[C@H]12. The molecular formula is C17H24O7. The van der Waals surface area contributed by atoms with Crippen LogP contribution >= 0.6 is 0 Å². The minimum absolute atomic E-state index is 0.0103. The number of ether oxygens (including phenoxy) is 5. The molecule has 2 aliphatic heterocycles. The van der Waals surface area contributed by atoms with Gasteiger partial charge in [0.25, 0.3) is 0 Å². The lowest BCUT2D eigenvalue weighted by atomic mass is 9.81. The third kappa shape index (κ3) is 3.48. The Morgan fingerprint density at radius 1 is 1.25 bits per heavy atom. The second kappa shape index (κ2) is 6.46. The van der Waals surface area contributed by atoms with Gasteiger partial charge in [0.05, 0.1) is 19.3 Å². The van der Waals surface area contributed by atoms with Crippen LogP contribution in [0.25, 0.3) is 0 Å². The fourth-order valence-electron chi connectivity index (χ4n) is 3.71. The molecule has 0 aromatic carbocycles. The summed E-state index contributed by atoms with van der Waals surface area (Å²) in [7, 11) is 0. The Morgan fingerprint density at radius 2 is 2.00 bits per heavy atom. The van der Waals surface area contributed by atoms with Crippen LogP contribution in [-0.4, -0.2) is 55.9 Å². The van der Waals surface area contributed by atoms with Gasteiger partial charge in [0, 0.05) is 25.7 Å². The predicted molar refractivity (Wildman–Crippen MR) is 81.9 cm³/mol. The Labute approximate surface area is 141 Å². The first-order valence-corrected chi connectivity index (χ1v) is 8.21. The van der Waals surface area contributed by atoms with Crippen LogP contribution in [0.4, 0.5) is 0 Å². The Hall–Kier alpha value is -1.44. The van der Waals surface area contributed by atoms with Crippen LogP contribution in [0.15, 0.2) is 11.6 Å². The van der Waals surface area contributed by atoms with Crippen molar-refractivity contribution in [2.45, 2.75) is 51.8 Å². The number of carbonyl (C=O) groups excluding carboxylic acids is 2. The van der Waals surface area contributed by atoms with Gasteiger partial charge in [-0.25, -0.2) is 0 Å². The van der Waals surface area contributed by atoms with Gasteiger partial charge in [-0.1, -0.05) is 0 Å². The highest BCUT2D eigenvalue weighted by molar-refractivity contribution is 5.67. The molecule has 7 heteroatoms. The summed E-state index contributed by atoms with van der Waals surface area (Å²) in [4.78, 5) is 22.6. The molecule has 0 saturated carbocycles. The molecule has 24 heavy (non-hydrogen) atoms. The van der Waals surface area contributed by atoms with Gasteiger partial charge in [0.2, 0.25) is 0 Å². The maximum Gasteiger partial charge on any atom is 0.303 e. The molecule has 7 nitrogen and oxygen atoms in total. The van der Waals surface area contributed by atoms with Crippen LogP contribution in [0.3, 0.4) is 0 Å². The van der Waals surface area contributed by atoms with Gasteiger partial charge in [-0.3, -0.25) is 9.59 Å². The van der Waals surface area contributed by atoms with Crippen LogP contribution < -0.4 is 0 Å². The van der Waals surface area contributed by atoms with E-state index in [-0.39, 0.29) is 42.6 Å². The maximum absolute atomic E-state index is 11.5. The molecule has 0 amide bonds. The van der Waals surface area contributed by atoms with Gasteiger partial charge >= 0.3 is 11.9 Å². The van der Waals surface area contributed by atoms with E-state index in [0.717, 1.165) is 5.57 Å². The topological polar surface area (TPSA) is 80.3 Å². The number of esters is 2. The molecule has 1 aliphatic carbocycles. The molecule has 0 radical (unpaired) electrons. The summed E-state index contributed by atoms with van der Waals surface area (Å²) in [6, 6.07) is 0. The summed E-state index contributed by atoms with van der Waals surface area (Å²) < 4.78 is 28.3. The minimum Gasteiger partial charge on any atom is -0.461 e. The molecule has 0 spiro atoms. The van der Waals surface area contributed by atoms with Crippen molar-refractivity contribution in [3.8, 4) is 0 Å². The summed E-state index contributed by atoms with van der Waals surface area (Å²) in [5.74, 6) is -1.49. The molecule has 2 saturated heterocycles. The fraction of sp³-hybridized carbons (Fsp3) is 0.765. The third-order valence-corrected chi connectivity index (χ3v) is 4.69. The highest BCUT2D eigenvalue weighted by Gasteiger charge is 2.54. The van der Waals surface area contributed by atoms with E-state index in [4.69, 9.17) is 23.7 Å². The largest absolute Gasteiger partial charge is 0.461 e. The van der Waals surface area contributed by atoms with Crippen LogP contribution in [0.5, 0.6) is 0 Å². The zero-order chi connectivity index (χ0) is 17.5. The Morgan fingerprint density at radius 3 is 2.67 bits per heavy atom. The molecule has 3 aliphatic rings.